The Morgan fingerprint density at radius 2 is 2.24 bits per heavy atom. The van der Waals surface area contributed by atoms with E-state index in [1.807, 2.05) is 7.05 Å². The van der Waals surface area contributed by atoms with Crippen LogP contribution >= 0.6 is 0 Å². The highest BCUT2D eigenvalue weighted by molar-refractivity contribution is 5.84. The maximum atomic E-state index is 4.53. The zero-order valence-electron chi connectivity index (χ0n) is 10.1. The lowest BCUT2D eigenvalue weighted by Gasteiger charge is -2.35. The van der Waals surface area contributed by atoms with Gasteiger partial charge >= 0.3 is 0 Å². The van der Waals surface area contributed by atoms with Gasteiger partial charge in [-0.15, -0.1) is 0 Å². The van der Waals surface area contributed by atoms with E-state index >= 15 is 0 Å². The van der Waals surface area contributed by atoms with Gasteiger partial charge < -0.3 is 15.2 Å². The maximum Gasteiger partial charge on any atom is 0.226 e. The SMILES string of the molecule is CNc1nc(N(C)C2CCC2)c2[nH]cnc2n1. The first-order valence-corrected chi connectivity index (χ1v) is 5.91. The Labute approximate surface area is 99.5 Å². The third-order valence-corrected chi connectivity index (χ3v) is 3.45. The van der Waals surface area contributed by atoms with Crippen LogP contribution in [0.3, 0.4) is 0 Å². The van der Waals surface area contributed by atoms with Gasteiger partial charge in [-0.1, -0.05) is 0 Å². The summed E-state index contributed by atoms with van der Waals surface area (Å²) >= 11 is 0. The molecule has 0 radical (unpaired) electrons. The van der Waals surface area contributed by atoms with Crippen LogP contribution in [0.15, 0.2) is 6.33 Å². The molecular formula is C11H16N6. The lowest BCUT2D eigenvalue weighted by molar-refractivity contribution is 0.400. The van der Waals surface area contributed by atoms with E-state index in [9.17, 15) is 0 Å². The molecule has 3 rings (SSSR count). The summed E-state index contributed by atoms with van der Waals surface area (Å²) in [5.74, 6) is 1.55. The van der Waals surface area contributed by atoms with Gasteiger partial charge in [0.2, 0.25) is 5.95 Å². The van der Waals surface area contributed by atoms with Crippen LogP contribution in [0.2, 0.25) is 0 Å². The van der Waals surface area contributed by atoms with E-state index in [0.29, 0.717) is 17.6 Å². The number of aromatic nitrogens is 4. The van der Waals surface area contributed by atoms with E-state index in [0.717, 1.165) is 11.3 Å². The first-order valence-electron chi connectivity index (χ1n) is 5.91. The molecule has 2 heterocycles. The third kappa shape index (κ3) is 1.60. The quantitative estimate of drug-likeness (QED) is 0.836. The molecule has 0 amide bonds. The van der Waals surface area contributed by atoms with E-state index in [1.54, 1.807) is 6.33 Å². The van der Waals surface area contributed by atoms with Crippen molar-refractivity contribution in [2.45, 2.75) is 25.3 Å². The van der Waals surface area contributed by atoms with Crippen LogP contribution in [0.1, 0.15) is 19.3 Å². The zero-order valence-corrected chi connectivity index (χ0v) is 10.1. The van der Waals surface area contributed by atoms with Crippen molar-refractivity contribution in [3.8, 4) is 0 Å². The molecule has 1 fully saturated rings. The van der Waals surface area contributed by atoms with Crippen LogP contribution in [0.5, 0.6) is 0 Å². The van der Waals surface area contributed by atoms with Crippen LogP contribution in [-0.2, 0) is 0 Å². The van der Waals surface area contributed by atoms with E-state index in [2.05, 4.69) is 37.2 Å². The molecule has 6 nitrogen and oxygen atoms in total. The van der Waals surface area contributed by atoms with E-state index < -0.39 is 0 Å². The number of aromatic amines is 1. The summed E-state index contributed by atoms with van der Waals surface area (Å²) in [6.45, 7) is 0. The Hall–Kier alpha value is -1.85. The fraction of sp³-hybridized carbons (Fsp3) is 0.545. The van der Waals surface area contributed by atoms with Crippen LogP contribution in [0.25, 0.3) is 11.2 Å². The standard InChI is InChI=1S/C11H16N6/c1-12-11-15-9-8(13-6-14-9)10(16-11)17(2)7-4-3-5-7/h6-7H,3-5H2,1-2H3,(H2,12,13,14,15,16). The highest BCUT2D eigenvalue weighted by atomic mass is 15.3. The summed E-state index contributed by atoms with van der Waals surface area (Å²) in [6, 6.07) is 0.598. The normalized spacial score (nSPS) is 15.9. The molecule has 0 spiro atoms. The van der Waals surface area contributed by atoms with Gasteiger partial charge in [0.15, 0.2) is 11.5 Å². The first kappa shape index (κ1) is 10.3. The smallest absolute Gasteiger partial charge is 0.226 e. The minimum atomic E-state index is 0.598. The maximum absolute atomic E-state index is 4.53. The number of rotatable bonds is 3. The van der Waals surface area contributed by atoms with Gasteiger partial charge in [0.05, 0.1) is 6.33 Å². The summed E-state index contributed by atoms with van der Waals surface area (Å²) in [5.41, 5.74) is 1.63. The number of nitrogens with zero attached hydrogens (tertiary/aromatic N) is 4. The number of anilines is 2. The lowest BCUT2D eigenvalue weighted by atomic mass is 9.92. The first-order chi connectivity index (χ1) is 8.29. The third-order valence-electron chi connectivity index (χ3n) is 3.45. The molecule has 2 aromatic heterocycles. The predicted molar refractivity (Wildman–Crippen MR) is 67.3 cm³/mol. The monoisotopic (exact) mass is 232 g/mol. The molecule has 1 saturated carbocycles. The highest BCUT2D eigenvalue weighted by Gasteiger charge is 2.25. The van der Waals surface area contributed by atoms with E-state index in [4.69, 9.17) is 0 Å². The average Bonchev–Trinajstić information content (AvgIpc) is 2.72. The van der Waals surface area contributed by atoms with Crippen LogP contribution in [-0.4, -0.2) is 40.1 Å². The molecule has 17 heavy (non-hydrogen) atoms. The summed E-state index contributed by atoms with van der Waals surface area (Å²) < 4.78 is 0. The summed E-state index contributed by atoms with van der Waals surface area (Å²) in [7, 11) is 3.91. The van der Waals surface area contributed by atoms with Gasteiger partial charge in [-0.2, -0.15) is 9.97 Å². The predicted octanol–water partition coefficient (Wildman–Crippen LogP) is 1.38. The lowest BCUT2D eigenvalue weighted by Crippen LogP contribution is -2.37. The molecule has 2 aromatic rings. The Morgan fingerprint density at radius 3 is 2.88 bits per heavy atom. The molecule has 0 bridgehead atoms. The number of hydrogen-bond acceptors (Lipinski definition) is 5. The second-order valence-electron chi connectivity index (χ2n) is 4.42. The Bertz CT molecular complexity index is 530. The van der Waals surface area contributed by atoms with Crippen LogP contribution < -0.4 is 10.2 Å². The van der Waals surface area contributed by atoms with Gasteiger partial charge in [0.25, 0.3) is 0 Å². The molecule has 1 aliphatic rings. The second kappa shape index (κ2) is 3.87. The Kier molecular flexibility index (Phi) is 2.35. The molecule has 0 saturated heterocycles. The summed E-state index contributed by atoms with van der Waals surface area (Å²) in [6.07, 6.45) is 5.46. The molecule has 90 valence electrons. The van der Waals surface area contributed by atoms with Crippen molar-refractivity contribution >= 4 is 22.9 Å². The topological polar surface area (TPSA) is 69.7 Å². The van der Waals surface area contributed by atoms with Crippen molar-refractivity contribution in [2.24, 2.45) is 0 Å². The largest absolute Gasteiger partial charge is 0.357 e. The molecule has 0 aromatic carbocycles. The molecular weight excluding hydrogens is 216 g/mol. The number of fused-ring (bicyclic) bond motifs is 1. The zero-order chi connectivity index (χ0) is 11.8. The molecule has 0 atom stereocenters. The highest BCUT2D eigenvalue weighted by Crippen LogP contribution is 2.30. The van der Waals surface area contributed by atoms with Crippen molar-refractivity contribution in [3.05, 3.63) is 6.33 Å². The number of hydrogen-bond donors (Lipinski definition) is 2. The minimum Gasteiger partial charge on any atom is -0.357 e. The van der Waals surface area contributed by atoms with Crippen molar-refractivity contribution in [1.29, 1.82) is 0 Å². The fourth-order valence-corrected chi connectivity index (χ4v) is 2.13. The van der Waals surface area contributed by atoms with Crippen LogP contribution in [0.4, 0.5) is 11.8 Å². The average molecular weight is 232 g/mol. The summed E-state index contributed by atoms with van der Waals surface area (Å²) in [4.78, 5) is 18.4. The Balaban J connectivity index is 2.08. The number of imidazole rings is 1. The van der Waals surface area contributed by atoms with Gasteiger partial charge in [-0.3, -0.25) is 0 Å². The van der Waals surface area contributed by atoms with Crippen molar-refractivity contribution in [1.82, 2.24) is 19.9 Å². The molecule has 2 N–H and O–H groups in total. The second-order valence-corrected chi connectivity index (χ2v) is 4.42. The molecule has 0 aliphatic heterocycles. The van der Waals surface area contributed by atoms with Gasteiger partial charge in [0.1, 0.15) is 5.52 Å². The van der Waals surface area contributed by atoms with Crippen molar-refractivity contribution in [3.63, 3.8) is 0 Å². The van der Waals surface area contributed by atoms with Crippen molar-refractivity contribution < 1.29 is 0 Å². The van der Waals surface area contributed by atoms with Gasteiger partial charge in [0, 0.05) is 20.1 Å². The van der Waals surface area contributed by atoms with E-state index in [-0.39, 0.29) is 0 Å². The van der Waals surface area contributed by atoms with E-state index in [1.165, 1.54) is 19.3 Å². The number of H-pyrrole nitrogens is 1. The Morgan fingerprint density at radius 1 is 1.41 bits per heavy atom. The number of nitrogens with one attached hydrogen (secondary N) is 2. The molecule has 0 unspecified atom stereocenters. The van der Waals surface area contributed by atoms with Crippen molar-refractivity contribution in [2.75, 3.05) is 24.3 Å². The van der Waals surface area contributed by atoms with Gasteiger partial charge in [-0.05, 0) is 19.3 Å². The molecule has 6 heteroatoms. The van der Waals surface area contributed by atoms with Crippen LogP contribution in [0, 0.1) is 0 Å². The summed E-state index contributed by atoms with van der Waals surface area (Å²) in [5, 5.41) is 2.98. The fourth-order valence-electron chi connectivity index (χ4n) is 2.13. The minimum absolute atomic E-state index is 0.598. The molecule has 1 aliphatic carbocycles. The van der Waals surface area contributed by atoms with Gasteiger partial charge in [-0.25, -0.2) is 4.98 Å².